The van der Waals surface area contributed by atoms with Crippen LogP contribution in [0.25, 0.3) is 0 Å². The minimum Gasteiger partial charge on any atom is -0.313 e. The average Bonchev–Trinajstić information content (AvgIpc) is 2.42. The van der Waals surface area contributed by atoms with E-state index in [0.717, 1.165) is 12.0 Å². The van der Waals surface area contributed by atoms with Crippen molar-refractivity contribution < 1.29 is 0 Å². The van der Waals surface area contributed by atoms with Gasteiger partial charge in [-0.3, -0.25) is 4.90 Å². The zero-order chi connectivity index (χ0) is 10.7. The molecule has 1 aliphatic heterocycles. The van der Waals surface area contributed by atoms with Crippen molar-refractivity contribution in [2.45, 2.75) is 58.0 Å². The summed E-state index contributed by atoms with van der Waals surface area (Å²) in [5.41, 5.74) is 0. The van der Waals surface area contributed by atoms with E-state index < -0.39 is 0 Å². The van der Waals surface area contributed by atoms with Gasteiger partial charge in [-0.25, -0.2) is 0 Å². The van der Waals surface area contributed by atoms with Gasteiger partial charge in [-0.15, -0.1) is 0 Å². The molecule has 0 radical (unpaired) electrons. The second kappa shape index (κ2) is 5.31. The molecule has 0 aromatic heterocycles. The predicted molar refractivity (Wildman–Crippen MR) is 65.1 cm³/mol. The first-order valence-electron chi connectivity index (χ1n) is 6.73. The second-order valence-electron chi connectivity index (χ2n) is 5.66. The molecule has 2 heteroatoms. The molecule has 0 bridgehead atoms. The highest BCUT2D eigenvalue weighted by molar-refractivity contribution is 4.83. The zero-order valence-electron chi connectivity index (χ0n) is 10.3. The topological polar surface area (TPSA) is 15.3 Å². The number of hydrogen-bond donors (Lipinski definition) is 1. The van der Waals surface area contributed by atoms with Gasteiger partial charge in [0.15, 0.2) is 0 Å². The fourth-order valence-corrected chi connectivity index (χ4v) is 3.10. The van der Waals surface area contributed by atoms with Crippen LogP contribution in [0.5, 0.6) is 0 Å². The molecule has 2 fully saturated rings. The summed E-state index contributed by atoms with van der Waals surface area (Å²) < 4.78 is 0. The molecule has 1 N–H and O–H groups in total. The first kappa shape index (κ1) is 11.4. The van der Waals surface area contributed by atoms with Gasteiger partial charge in [0.1, 0.15) is 0 Å². The molecule has 88 valence electrons. The van der Waals surface area contributed by atoms with E-state index in [-0.39, 0.29) is 0 Å². The quantitative estimate of drug-likeness (QED) is 0.714. The van der Waals surface area contributed by atoms with Gasteiger partial charge in [0.2, 0.25) is 0 Å². The molecule has 2 atom stereocenters. The summed E-state index contributed by atoms with van der Waals surface area (Å²) in [6, 6.07) is 1.57. The van der Waals surface area contributed by atoms with E-state index in [4.69, 9.17) is 0 Å². The number of rotatable bonds is 1. The Balaban J connectivity index is 1.92. The summed E-state index contributed by atoms with van der Waals surface area (Å²) in [5.74, 6) is 0.817. The molecule has 2 unspecified atom stereocenters. The van der Waals surface area contributed by atoms with Gasteiger partial charge in [-0.2, -0.15) is 0 Å². The van der Waals surface area contributed by atoms with Crippen LogP contribution < -0.4 is 5.32 Å². The van der Waals surface area contributed by atoms with E-state index in [1.807, 2.05) is 0 Å². The van der Waals surface area contributed by atoms with Crippen molar-refractivity contribution in [3.05, 3.63) is 0 Å². The average molecular weight is 210 g/mol. The summed E-state index contributed by atoms with van der Waals surface area (Å²) in [6.45, 7) is 8.47. The van der Waals surface area contributed by atoms with Crippen molar-refractivity contribution in [2.75, 3.05) is 19.6 Å². The summed E-state index contributed by atoms with van der Waals surface area (Å²) in [7, 11) is 0. The molecule has 1 aliphatic carbocycles. The Labute approximate surface area is 94.4 Å². The van der Waals surface area contributed by atoms with Gasteiger partial charge in [0.25, 0.3) is 0 Å². The standard InChI is InChI=1S/C13H26N2/c1-11-8-14-12(2)10-15(9-11)13-6-4-3-5-7-13/h11-14H,3-10H2,1-2H3. The third-order valence-electron chi connectivity index (χ3n) is 3.96. The molecule has 0 spiro atoms. The maximum atomic E-state index is 3.62. The molecule has 1 saturated heterocycles. The van der Waals surface area contributed by atoms with E-state index in [0.29, 0.717) is 6.04 Å². The molecule has 2 rings (SSSR count). The minimum absolute atomic E-state index is 0.678. The highest BCUT2D eigenvalue weighted by Gasteiger charge is 2.25. The molecule has 15 heavy (non-hydrogen) atoms. The van der Waals surface area contributed by atoms with E-state index >= 15 is 0 Å². The van der Waals surface area contributed by atoms with E-state index in [9.17, 15) is 0 Å². The molecule has 0 amide bonds. The molecule has 0 aromatic rings. The van der Waals surface area contributed by atoms with Gasteiger partial charge in [-0.1, -0.05) is 26.2 Å². The van der Waals surface area contributed by atoms with Crippen molar-refractivity contribution >= 4 is 0 Å². The van der Waals surface area contributed by atoms with Gasteiger partial charge < -0.3 is 5.32 Å². The summed E-state index contributed by atoms with van der Waals surface area (Å²) in [4.78, 5) is 2.76. The first-order valence-corrected chi connectivity index (χ1v) is 6.73. The normalized spacial score (nSPS) is 36.4. The predicted octanol–water partition coefficient (Wildman–Crippen LogP) is 2.25. The molecule has 1 heterocycles. The smallest absolute Gasteiger partial charge is 0.0166 e. The second-order valence-corrected chi connectivity index (χ2v) is 5.66. The molecular weight excluding hydrogens is 184 g/mol. The lowest BCUT2D eigenvalue weighted by atomic mass is 9.93. The van der Waals surface area contributed by atoms with Crippen molar-refractivity contribution in [1.82, 2.24) is 10.2 Å². The lowest BCUT2D eigenvalue weighted by Crippen LogP contribution is -2.42. The largest absolute Gasteiger partial charge is 0.313 e. The van der Waals surface area contributed by atoms with Crippen LogP contribution in [-0.2, 0) is 0 Å². The highest BCUT2D eigenvalue weighted by atomic mass is 15.2. The summed E-state index contributed by atoms with van der Waals surface area (Å²) in [5, 5.41) is 3.62. The van der Waals surface area contributed by atoms with Crippen LogP contribution in [-0.4, -0.2) is 36.6 Å². The third kappa shape index (κ3) is 3.18. The van der Waals surface area contributed by atoms with E-state index in [1.165, 1.54) is 51.7 Å². The van der Waals surface area contributed by atoms with Crippen LogP contribution in [0.3, 0.4) is 0 Å². The number of nitrogens with zero attached hydrogens (tertiary/aromatic N) is 1. The van der Waals surface area contributed by atoms with Gasteiger partial charge >= 0.3 is 0 Å². The Kier molecular flexibility index (Phi) is 4.04. The molecule has 2 aliphatic rings. The Hall–Kier alpha value is -0.0800. The van der Waals surface area contributed by atoms with Crippen molar-refractivity contribution in [1.29, 1.82) is 0 Å². The molecule has 2 nitrogen and oxygen atoms in total. The van der Waals surface area contributed by atoms with Crippen LogP contribution in [0, 0.1) is 5.92 Å². The first-order chi connectivity index (χ1) is 7.25. The highest BCUT2D eigenvalue weighted by Crippen LogP contribution is 2.24. The van der Waals surface area contributed by atoms with Gasteiger partial charge in [-0.05, 0) is 32.2 Å². The third-order valence-corrected chi connectivity index (χ3v) is 3.96. The van der Waals surface area contributed by atoms with Crippen molar-refractivity contribution in [3.63, 3.8) is 0 Å². The monoisotopic (exact) mass is 210 g/mol. The summed E-state index contributed by atoms with van der Waals surface area (Å²) >= 11 is 0. The molecule has 1 saturated carbocycles. The Bertz CT molecular complexity index is 175. The Morgan fingerprint density at radius 3 is 2.47 bits per heavy atom. The lowest BCUT2D eigenvalue weighted by molar-refractivity contribution is 0.143. The lowest BCUT2D eigenvalue weighted by Gasteiger charge is -2.35. The van der Waals surface area contributed by atoms with Crippen LogP contribution in [0.15, 0.2) is 0 Å². The summed E-state index contributed by atoms with van der Waals surface area (Å²) in [6.07, 6.45) is 7.27. The van der Waals surface area contributed by atoms with Crippen LogP contribution >= 0.6 is 0 Å². The maximum Gasteiger partial charge on any atom is 0.0166 e. The van der Waals surface area contributed by atoms with Crippen molar-refractivity contribution in [3.8, 4) is 0 Å². The number of hydrogen-bond acceptors (Lipinski definition) is 2. The number of nitrogens with one attached hydrogen (secondary N) is 1. The van der Waals surface area contributed by atoms with Crippen LogP contribution in [0.2, 0.25) is 0 Å². The minimum atomic E-state index is 0.678. The van der Waals surface area contributed by atoms with Crippen LogP contribution in [0.4, 0.5) is 0 Å². The molecule has 0 aromatic carbocycles. The fraction of sp³-hybridized carbons (Fsp3) is 1.00. The maximum absolute atomic E-state index is 3.62. The van der Waals surface area contributed by atoms with Crippen LogP contribution in [0.1, 0.15) is 46.0 Å². The van der Waals surface area contributed by atoms with E-state index in [2.05, 4.69) is 24.1 Å². The molecular formula is C13H26N2. The Morgan fingerprint density at radius 1 is 1.00 bits per heavy atom. The SMILES string of the molecule is CC1CNC(C)CN(C2CCCCC2)C1. The fourth-order valence-electron chi connectivity index (χ4n) is 3.10. The van der Waals surface area contributed by atoms with Gasteiger partial charge in [0.05, 0.1) is 0 Å². The zero-order valence-corrected chi connectivity index (χ0v) is 10.3. The van der Waals surface area contributed by atoms with Gasteiger partial charge in [0, 0.05) is 25.2 Å². The van der Waals surface area contributed by atoms with E-state index in [1.54, 1.807) is 0 Å². The Morgan fingerprint density at radius 2 is 1.73 bits per heavy atom. The van der Waals surface area contributed by atoms with Crippen molar-refractivity contribution in [2.24, 2.45) is 5.92 Å².